The summed E-state index contributed by atoms with van der Waals surface area (Å²) in [5, 5.41) is 75.9. The largest absolute Gasteiger partial charge is 0.619 e. The van der Waals surface area contributed by atoms with Crippen LogP contribution >= 0.6 is 15.9 Å². The summed E-state index contributed by atoms with van der Waals surface area (Å²) >= 11 is 3.46. The molecule has 15 rings (SSSR count). The van der Waals surface area contributed by atoms with Crippen molar-refractivity contribution in [3.63, 3.8) is 0 Å². The molecule has 2 aliphatic heterocycles. The number of alkyl halides is 1. The van der Waals surface area contributed by atoms with Gasteiger partial charge in [-0.2, -0.15) is 24.2 Å². The Morgan fingerprint density at radius 1 is 0.614 bits per heavy atom. The zero-order chi connectivity index (χ0) is 73.6. The predicted octanol–water partition coefficient (Wildman–Crippen LogP) is 15.9. The second-order valence-corrected chi connectivity index (χ2v) is 26.8. The third kappa shape index (κ3) is 22.4. The monoisotopic (exact) mass is 1430 g/mol. The van der Waals surface area contributed by atoms with Gasteiger partial charge in [-0.3, -0.25) is 45.1 Å². The van der Waals surface area contributed by atoms with Gasteiger partial charge in [-0.25, -0.2) is 0 Å². The van der Waals surface area contributed by atoms with Crippen molar-refractivity contribution in [2.24, 2.45) is 0 Å². The zero-order valence-corrected chi connectivity index (χ0v) is 61.2. The Bertz CT molecular complexity index is 4720. The van der Waals surface area contributed by atoms with E-state index in [-0.39, 0.29) is 11.4 Å². The molecule has 0 radical (unpaired) electrons. The lowest BCUT2D eigenvalue weighted by Crippen LogP contribution is -2.30. The van der Waals surface area contributed by atoms with Crippen molar-refractivity contribution in [2.75, 3.05) is 14.1 Å². The number of pyridine rings is 8. The molecular formula is C76H89BrN16O8. The van der Waals surface area contributed by atoms with Gasteiger partial charge in [0.25, 0.3) is 11.4 Å². The molecule has 0 saturated heterocycles. The maximum Gasteiger partial charge on any atom is 0.289 e. The standard InChI is InChI=1S/C13H13N3.C12H14N2.C10H13N3O3.C8H8N2O.C8H8N2.C7H8N2O3.C7H9NO.C7H9N.C4H7Br/c1-9-5-13-12(7-15-9)10(6-14)8-16(13)11-3-2-4-11;1-9-7-12-10(8-13-9)5-6-14(12)11-3-2-4-11;1-8-6-10(13(15)16)9(7-12(8)14)4-5-11(2)3;1-6-4-8-7(2-3-9-8)5-10(6)11;1-6-4-8-7(5-10-6)2-3-9-8;1-5-4-8(10)6(2)3-7(5)9(11)12;1-6-3-4-7(2)8(9)5-6;1-6-3-4-7(2)8-5-6;5-4-2-1-3-4/h5,7-8,11H,2-4H2,1H3;5-8,11H,2-4H2,1H3;4-7H,1-3H3;2-5,11H,1H3;2-5,9H,1H3;3-4H,1-2H3;3-5H,1-2H3;3-5H,1-2H3;4H,1-3H2/b;;5-4+;;;;;;. The Balaban J connectivity index is 0.000000162. The van der Waals surface area contributed by atoms with Crippen LogP contribution in [0.25, 0.3) is 50.0 Å². The van der Waals surface area contributed by atoms with E-state index in [1.54, 1.807) is 50.7 Å². The number of fused-ring (bicyclic) bond motifs is 4. The number of nitrogens with zero attached hydrogens (tertiary/aromatic N) is 15. The van der Waals surface area contributed by atoms with Crippen LogP contribution in [0.2, 0.25) is 0 Å². The number of halogens is 1. The molecular weight excluding hydrogens is 1340 g/mol. The second-order valence-electron chi connectivity index (χ2n) is 25.5. The van der Waals surface area contributed by atoms with Crippen molar-refractivity contribution in [3.05, 3.63) is 269 Å². The first kappa shape index (κ1) is 77.2. The van der Waals surface area contributed by atoms with Crippen LogP contribution in [-0.4, -0.2) is 82.6 Å². The van der Waals surface area contributed by atoms with E-state index in [9.17, 15) is 41.1 Å². The Labute approximate surface area is 597 Å². The highest BCUT2D eigenvalue weighted by molar-refractivity contribution is 9.09. The van der Waals surface area contributed by atoms with E-state index in [1.165, 1.54) is 131 Å². The van der Waals surface area contributed by atoms with Gasteiger partial charge in [0.05, 0.1) is 61.7 Å². The summed E-state index contributed by atoms with van der Waals surface area (Å²) in [6.45, 7) is 20.1. The van der Waals surface area contributed by atoms with Gasteiger partial charge in [-0.1, -0.05) is 28.4 Å². The fourth-order valence-corrected chi connectivity index (χ4v) is 10.8. The molecule has 12 heterocycles. The van der Waals surface area contributed by atoms with E-state index in [0.717, 1.165) is 93.3 Å². The van der Waals surface area contributed by atoms with Crippen LogP contribution in [0.3, 0.4) is 0 Å². The molecule has 2 N–H and O–H groups in total. The average molecular weight is 1430 g/mol. The SMILES string of the molecule is BrC1CCC1.Cc1c[n+]([O-])c(C)cc1[N+](=O)[O-].Cc1cc([N+](=O)[O-])c(/C=C/N(C)C)c[n+]1[O-].Cc1cc2[nH]ccc2cn1.Cc1cc2c(ccn2C2CCC2)cn1.Cc1cc2c(cn1)c(C#N)cn2C1CCC1.Cc1cc2nccc-2cn1O.Cc1ccc(C)[n+]([O-])c1.Cc1ccc(C)nc1. The second kappa shape index (κ2) is 36.6. The summed E-state index contributed by atoms with van der Waals surface area (Å²) in [6, 6.07) is 28.1. The highest BCUT2D eigenvalue weighted by Crippen LogP contribution is 2.37. The van der Waals surface area contributed by atoms with Crippen LogP contribution < -0.4 is 14.2 Å². The van der Waals surface area contributed by atoms with Gasteiger partial charge >= 0.3 is 0 Å². The normalized spacial score (nSPS) is 12.8. The Morgan fingerprint density at radius 2 is 1.18 bits per heavy atom. The fraction of sp³-hybridized carbons (Fsp3) is 0.329. The Kier molecular flexibility index (Phi) is 28.0. The highest BCUT2D eigenvalue weighted by atomic mass is 79.9. The molecule has 3 saturated carbocycles. The number of nitriles is 1. The molecule has 0 spiro atoms. The molecule has 0 atom stereocenters. The summed E-state index contributed by atoms with van der Waals surface area (Å²) in [4.78, 5) is 46.8. The number of nitro groups is 2. The lowest BCUT2D eigenvalue weighted by molar-refractivity contribution is -0.613. The first-order valence-electron chi connectivity index (χ1n) is 33.2. The number of nitrogens with one attached hydrogen (secondary N) is 1. The van der Waals surface area contributed by atoms with Gasteiger partial charge in [-0.05, 0) is 179 Å². The summed E-state index contributed by atoms with van der Waals surface area (Å²) in [5.74, 6) is 0. The number of aromatic nitrogens is 12. The summed E-state index contributed by atoms with van der Waals surface area (Å²) in [6.07, 6.45) is 36.2. The van der Waals surface area contributed by atoms with Gasteiger partial charge in [0.2, 0.25) is 0 Å². The predicted molar refractivity (Wildman–Crippen MR) is 397 cm³/mol. The summed E-state index contributed by atoms with van der Waals surface area (Å²) in [7, 11) is 3.59. The van der Waals surface area contributed by atoms with Gasteiger partial charge in [0, 0.05) is 163 Å². The molecule has 0 aromatic carbocycles. The first-order valence-corrected chi connectivity index (χ1v) is 34.1. The topological polar surface area (TPSA) is 309 Å². The number of rotatable bonds is 6. The molecule has 10 aromatic heterocycles. The molecule has 0 bridgehead atoms. The van der Waals surface area contributed by atoms with E-state index in [1.807, 2.05) is 121 Å². The van der Waals surface area contributed by atoms with E-state index in [2.05, 4.69) is 98.4 Å². The molecule has 0 amide bonds. The molecule has 24 nitrogen and oxygen atoms in total. The number of H-pyrrole nitrogens is 1. The minimum atomic E-state index is -0.498. The minimum absolute atomic E-state index is 0.0143. The molecule has 528 valence electrons. The van der Waals surface area contributed by atoms with Gasteiger partial charge in [-0.15, -0.1) is 0 Å². The maximum atomic E-state index is 11.3. The quantitative estimate of drug-likeness (QED) is 0.0390. The van der Waals surface area contributed by atoms with Crippen molar-refractivity contribution >= 4 is 66.1 Å². The van der Waals surface area contributed by atoms with Crippen LogP contribution in [0.15, 0.2) is 159 Å². The van der Waals surface area contributed by atoms with Crippen molar-refractivity contribution in [2.45, 2.75) is 151 Å². The molecule has 3 aliphatic carbocycles. The molecule has 5 aliphatic rings. The Hall–Kier alpha value is -11.1. The van der Waals surface area contributed by atoms with Gasteiger partial charge in [0.15, 0.2) is 35.7 Å². The molecule has 101 heavy (non-hydrogen) atoms. The maximum absolute atomic E-state index is 11.3. The summed E-state index contributed by atoms with van der Waals surface area (Å²) < 4.78 is 7.86. The average Bonchev–Trinajstić information content (AvgIpc) is 1.63. The smallest absolute Gasteiger partial charge is 0.289 e. The van der Waals surface area contributed by atoms with E-state index < -0.39 is 9.85 Å². The van der Waals surface area contributed by atoms with Crippen molar-refractivity contribution in [1.29, 1.82) is 5.26 Å². The van der Waals surface area contributed by atoms with Gasteiger partial charge < -0.3 is 39.8 Å². The van der Waals surface area contributed by atoms with Crippen molar-refractivity contribution in [3.8, 4) is 17.3 Å². The number of aromatic amines is 1. The van der Waals surface area contributed by atoms with Crippen LogP contribution in [0, 0.1) is 123 Å². The van der Waals surface area contributed by atoms with E-state index >= 15 is 0 Å². The van der Waals surface area contributed by atoms with Gasteiger partial charge in [0.1, 0.15) is 11.6 Å². The first-order chi connectivity index (χ1) is 48.1. The Morgan fingerprint density at radius 3 is 1.73 bits per heavy atom. The third-order valence-corrected chi connectivity index (χ3v) is 17.8. The van der Waals surface area contributed by atoms with Crippen molar-refractivity contribution < 1.29 is 29.2 Å². The molecule has 3 fully saturated rings. The number of aryl methyl sites for hydroxylation is 11. The lowest BCUT2D eigenvalue weighted by Gasteiger charge is -2.28. The van der Waals surface area contributed by atoms with E-state index in [4.69, 9.17) is 5.26 Å². The van der Waals surface area contributed by atoms with Crippen LogP contribution in [-0.2, 0) is 0 Å². The molecule has 0 unspecified atom stereocenters. The number of hydrogen-bond acceptors (Lipinski definition) is 15. The lowest BCUT2D eigenvalue weighted by atomic mass is 9.93. The zero-order valence-electron chi connectivity index (χ0n) is 59.6. The fourth-order valence-electron chi connectivity index (χ4n) is 10.2. The van der Waals surface area contributed by atoms with Crippen LogP contribution in [0.5, 0.6) is 0 Å². The van der Waals surface area contributed by atoms with Crippen LogP contribution in [0.1, 0.15) is 143 Å². The van der Waals surface area contributed by atoms with Crippen LogP contribution in [0.4, 0.5) is 11.4 Å². The third-order valence-electron chi connectivity index (χ3n) is 16.9. The highest BCUT2D eigenvalue weighted by Gasteiger charge is 2.24. The summed E-state index contributed by atoms with van der Waals surface area (Å²) in [5.41, 5.74) is 15.5. The molecule has 25 heteroatoms. The number of hydrogen-bond donors (Lipinski definition) is 2. The van der Waals surface area contributed by atoms with E-state index in [0.29, 0.717) is 38.0 Å². The molecule has 10 aromatic rings. The van der Waals surface area contributed by atoms with Crippen molar-refractivity contribution in [1.82, 2.24) is 48.7 Å². The minimum Gasteiger partial charge on any atom is -0.619 e.